The van der Waals surface area contributed by atoms with Crippen LogP contribution in [0.15, 0.2) is 23.5 Å². The molecule has 0 aromatic carbocycles. The largest absolute Gasteiger partial charge is 0.512 e. The first-order valence-electron chi connectivity index (χ1n) is 9.43. The molecule has 0 aromatic heterocycles. The average molecular weight is 328 g/mol. The summed E-state index contributed by atoms with van der Waals surface area (Å²) in [5.41, 5.74) is 1.03. The van der Waals surface area contributed by atoms with E-state index in [2.05, 4.69) is 13.8 Å². The SMILES string of the molecule is CC(=O)[C@H]1CC[C@H]2[C@@H]3C(=O)C=C4C=C(O)CC[C@]4(C)[C@H]3CC[C@]12C. The molecule has 0 spiro atoms. The van der Waals surface area contributed by atoms with Crippen LogP contribution in [0.2, 0.25) is 0 Å². The molecule has 1 N–H and O–H groups in total. The van der Waals surface area contributed by atoms with Crippen molar-refractivity contribution >= 4 is 11.6 Å². The predicted molar refractivity (Wildman–Crippen MR) is 92.4 cm³/mol. The number of ketones is 2. The normalized spacial score (nSPS) is 47.2. The van der Waals surface area contributed by atoms with Gasteiger partial charge in [0.15, 0.2) is 5.78 Å². The van der Waals surface area contributed by atoms with Gasteiger partial charge in [0, 0.05) is 18.3 Å². The van der Waals surface area contributed by atoms with Crippen LogP contribution in [-0.2, 0) is 9.59 Å². The lowest BCUT2D eigenvalue weighted by atomic mass is 9.47. The first-order valence-corrected chi connectivity index (χ1v) is 9.43. The van der Waals surface area contributed by atoms with Gasteiger partial charge in [-0.1, -0.05) is 13.8 Å². The summed E-state index contributed by atoms with van der Waals surface area (Å²) >= 11 is 0. The zero-order valence-electron chi connectivity index (χ0n) is 15.0. The minimum Gasteiger partial charge on any atom is -0.512 e. The van der Waals surface area contributed by atoms with Crippen molar-refractivity contribution in [2.75, 3.05) is 0 Å². The van der Waals surface area contributed by atoms with Crippen molar-refractivity contribution in [3.63, 3.8) is 0 Å². The molecule has 3 heteroatoms. The van der Waals surface area contributed by atoms with Gasteiger partial charge in [0.25, 0.3) is 0 Å². The van der Waals surface area contributed by atoms with Crippen molar-refractivity contribution in [2.45, 2.75) is 59.3 Å². The molecule has 2 fully saturated rings. The van der Waals surface area contributed by atoms with Crippen LogP contribution in [0.5, 0.6) is 0 Å². The third-order valence-corrected chi connectivity index (χ3v) is 8.09. The van der Waals surface area contributed by atoms with Gasteiger partial charge in [0.1, 0.15) is 5.78 Å². The van der Waals surface area contributed by atoms with Crippen LogP contribution in [0, 0.1) is 34.5 Å². The number of fused-ring (bicyclic) bond motifs is 5. The fraction of sp³-hybridized carbons (Fsp3) is 0.714. The van der Waals surface area contributed by atoms with E-state index in [-0.39, 0.29) is 28.4 Å². The molecular weight excluding hydrogens is 300 g/mol. The molecule has 0 amide bonds. The van der Waals surface area contributed by atoms with Gasteiger partial charge in [0.2, 0.25) is 0 Å². The Kier molecular flexibility index (Phi) is 3.40. The van der Waals surface area contributed by atoms with Gasteiger partial charge in [-0.2, -0.15) is 0 Å². The van der Waals surface area contributed by atoms with Crippen molar-refractivity contribution in [2.24, 2.45) is 34.5 Å². The van der Waals surface area contributed by atoms with Crippen LogP contribution in [0.4, 0.5) is 0 Å². The van der Waals surface area contributed by atoms with Gasteiger partial charge in [0.05, 0.1) is 5.76 Å². The molecular formula is C21H28O3. The maximum absolute atomic E-state index is 13.0. The third-order valence-electron chi connectivity index (χ3n) is 8.09. The molecule has 0 aromatic rings. The average Bonchev–Trinajstić information content (AvgIpc) is 2.86. The fourth-order valence-corrected chi connectivity index (χ4v) is 6.72. The molecule has 4 rings (SSSR count). The second kappa shape index (κ2) is 5.06. The number of carbonyl (C=O) groups is 2. The molecule has 130 valence electrons. The predicted octanol–water partition coefficient (Wildman–Crippen LogP) is 4.39. The van der Waals surface area contributed by atoms with Gasteiger partial charge in [-0.3, -0.25) is 9.59 Å². The number of aliphatic hydroxyl groups excluding tert-OH is 1. The molecule has 0 radical (unpaired) electrons. The summed E-state index contributed by atoms with van der Waals surface area (Å²) < 4.78 is 0. The van der Waals surface area contributed by atoms with E-state index in [4.69, 9.17) is 0 Å². The van der Waals surface area contributed by atoms with Crippen LogP contribution in [0.25, 0.3) is 0 Å². The Bertz CT molecular complexity index is 673. The Morgan fingerprint density at radius 3 is 2.58 bits per heavy atom. The molecule has 0 unspecified atom stereocenters. The second-order valence-electron chi connectivity index (χ2n) is 9.08. The first kappa shape index (κ1) is 16.1. The number of carbonyl (C=O) groups excluding carboxylic acids is 2. The van der Waals surface area contributed by atoms with Crippen LogP contribution in [-0.4, -0.2) is 16.7 Å². The number of allylic oxidation sites excluding steroid dienone is 4. The standard InChI is InChI=1S/C21H28O3/c1-12(22)15-4-5-16-19-17(7-9-21(15,16)3)20(2)8-6-14(23)10-13(20)11-18(19)24/h10-11,15-17,19,23H,4-9H2,1-3H3/t15-,16+,17+,19+,20+,21-/m1/s1. The van der Waals surface area contributed by atoms with Gasteiger partial charge in [-0.15, -0.1) is 0 Å². The highest BCUT2D eigenvalue weighted by atomic mass is 16.3. The van der Waals surface area contributed by atoms with Crippen molar-refractivity contribution in [3.05, 3.63) is 23.5 Å². The van der Waals surface area contributed by atoms with Gasteiger partial charge < -0.3 is 5.11 Å². The van der Waals surface area contributed by atoms with E-state index in [1.54, 1.807) is 6.92 Å². The summed E-state index contributed by atoms with van der Waals surface area (Å²) in [6.45, 7) is 6.27. The Morgan fingerprint density at radius 2 is 1.88 bits per heavy atom. The van der Waals surface area contributed by atoms with Crippen LogP contribution >= 0.6 is 0 Å². The van der Waals surface area contributed by atoms with Crippen LogP contribution in [0.3, 0.4) is 0 Å². The fourth-order valence-electron chi connectivity index (χ4n) is 6.72. The van der Waals surface area contributed by atoms with Gasteiger partial charge >= 0.3 is 0 Å². The lowest BCUT2D eigenvalue weighted by Gasteiger charge is -2.55. The molecule has 6 atom stereocenters. The Hall–Kier alpha value is -1.38. The van der Waals surface area contributed by atoms with Crippen molar-refractivity contribution in [3.8, 4) is 0 Å². The summed E-state index contributed by atoms with van der Waals surface area (Å²) in [4.78, 5) is 25.2. The molecule has 0 aliphatic heterocycles. The zero-order chi connectivity index (χ0) is 17.3. The van der Waals surface area contributed by atoms with Crippen molar-refractivity contribution in [1.29, 1.82) is 0 Å². The van der Waals surface area contributed by atoms with Crippen molar-refractivity contribution < 1.29 is 14.7 Å². The first-order chi connectivity index (χ1) is 11.3. The minimum absolute atomic E-state index is 0.000443. The number of hydrogen-bond donors (Lipinski definition) is 1. The minimum atomic E-state index is -0.00297. The van der Waals surface area contributed by atoms with E-state index >= 15 is 0 Å². The van der Waals surface area contributed by atoms with E-state index in [1.165, 1.54) is 0 Å². The summed E-state index contributed by atoms with van der Waals surface area (Å²) in [6, 6.07) is 0. The molecule has 24 heavy (non-hydrogen) atoms. The van der Waals surface area contributed by atoms with E-state index in [0.717, 1.165) is 37.7 Å². The quantitative estimate of drug-likeness (QED) is 0.777. The second-order valence-corrected chi connectivity index (χ2v) is 9.08. The topological polar surface area (TPSA) is 54.4 Å². The molecule has 4 aliphatic rings. The molecule has 4 aliphatic carbocycles. The summed E-state index contributed by atoms with van der Waals surface area (Å²) in [7, 11) is 0. The molecule has 0 saturated heterocycles. The Labute approximate surface area is 144 Å². The zero-order valence-corrected chi connectivity index (χ0v) is 15.0. The summed E-state index contributed by atoms with van der Waals surface area (Å²) in [5, 5.41) is 9.90. The molecule has 3 nitrogen and oxygen atoms in total. The molecule has 0 heterocycles. The van der Waals surface area contributed by atoms with Crippen molar-refractivity contribution in [1.82, 2.24) is 0 Å². The van der Waals surface area contributed by atoms with E-state index in [1.807, 2.05) is 12.2 Å². The lowest BCUT2D eigenvalue weighted by Crippen LogP contribution is -2.52. The Balaban J connectivity index is 1.76. The highest BCUT2D eigenvalue weighted by Crippen LogP contribution is 2.65. The van der Waals surface area contributed by atoms with E-state index in [9.17, 15) is 14.7 Å². The number of aliphatic hydroxyl groups is 1. The summed E-state index contributed by atoms with van der Waals surface area (Å²) in [5.74, 6) is 1.83. The maximum atomic E-state index is 13.0. The monoisotopic (exact) mass is 328 g/mol. The highest BCUT2D eigenvalue weighted by Gasteiger charge is 2.61. The number of hydrogen-bond acceptors (Lipinski definition) is 3. The Morgan fingerprint density at radius 1 is 1.12 bits per heavy atom. The number of rotatable bonds is 1. The summed E-state index contributed by atoms with van der Waals surface area (Å²) in [6.07, 6.45) is 9.31. The van der Waals surface area contributed by atoms with Crippen LogP contribution in [0.1, 0.15) is 59.3 Å². The highest BCUT2D eigenvalue weighted by molar-refractivity contribution is 5.95. The number of Topliss-reactive ketones (excluding diaryl/α,β-unsaturated/α-hetero) is 1. The lowest BCUT2D eigenvalue weighted by molar-refractivity contribution is -0.137. The molecule has 2 saturated carbocycles. The maximum Gasteiger partial charge on any atom is 0.159 e. The van der Waals surface area contributed by atoms with Crippen LogP contribution < -0.4 is 0 Å². The molecule has 0 bridgehead atoms. The van der Waals surface area contributed by atoms with Gasteiger partial charge in [-0.05, 0) is 79.4 Å². The smallest absolute Gasteiger partial charge is 0.159 e. The van der Waals surface area contributed by atoms with E-state index < -0.39 is 0 Å². The third kappa shape index (κ3) is 1.96. The van der Waals surface area contributed by atoms with Gasteiger partial charge in [-0.25, -0.2) is 0 Å². The van der Waals surface area contributed by atoms with E-state index in [0.29, 0.717) is 29.8 Å².